The topological polar surface area (TPSA) is 15.6 Å². The maximum Gasteiger partial charge on any atom is 0.0668 e. The van der Waals surface area contributed by atoms with Crippen molar-refractivity contribution in [3.8, 4) is 0 Å². The Balaban J connectivity index is 0.00000204. The fourth-order valence-corrected chi connectivity index (χ4v) is 4.86. The lowest BCUT2D eigenvalue weighted by molar-refractivity contribution is 0.590. The Morgan fingerprint density at radius 3 is 2.29 bits per heavy atom. The van der Waals surface area contributed by atoms with Crippen LogP contribution >= 0.6 is 36.6 Å². The monoisotopic (exact) mass is 512 g/mol. The molecule has 34 heavy (non-hydrogen) atoms. The number of thioether (sulfide) groups is 1. The van der Waals surface area contributed by atoms with Crippen LogP contribution < -0.4 is 4.90 Å². The molecular formula is C29H34Cl2N2S. The molecule has 0 saturated carbocycles. The van der Waals surface area contributed by atoms with Gasteiger partial charge < -0.3 is 4.90 Å². The third-order valence-corrected chi connectivity index (χ3v) is 7.02. The predicted octanol–water partition coefficient (Wildman–Crippen LogP) is 8.07. The van der Waals surface area contributed by atoms with Gasteiger partial charge in [-0.15, -0.1) is 36.6 Å². The molecule has 1 aliphatic heterocycles. The molecule has 0 spiro atoms. The number of fused-ring (bicyclic) bond motifs is 1. The molecule has 0 aromatic heterocycles. The number of likely N-dealkylation sites (N-methyl/N-ethyl adjacent to an activating group) is 1. The van der Waals surface area contributed by atoms with Crippen LogP contribution in [0.3, 0.4) is 0 Å². The van der Waals surface area contributed by atoms with E-state index in [-0.39, 0.29) is 30.2 Å². The van der Waals surface area contributed by atoms with Crippen molar-refractivity contribution in [2.24, 2.45) is 4.99 Å². The molecule has 4 rings (SSSR count). The van der Waals surface area contributed by atoms with Gasteiger partial charge in [0.1, 0.15) is 0 Å². The molecule has 0 N–H and O–H groups in total. The lowest BCUT2D eigenvalue weighted by Crippen LogP contribution is -2.20. The predicted molar refractivity (Wildman–Crippen MR) is 156 cm³/mol. The summed E-state index contributed by atoms with van der Waals surface area (Å²) in [5.74, 6) is 0.962. The Labute approximate surface area is 221 Å². The van der Waals surface area contributed by atoms with Crippen LogP contribution in [0.4, 0.5) is 5.69 Å². The van der Waals surface area contributed by atoms with Crippen LogP contribution in [0.5, 0.6) is 0 Å². The maximum atomic E-state index is 4.86. The molecule has 5 heteroatoms. The van der Waals surface area contributed by atoms with Gasteiger partial charge in [-0.25, -0.2) is 0 Å². The fraction of sp³-hybridized carbons (Fsp3) is 0.276. The van der Waals surface area contributed by atoms with Gasteiger partial charge in [0.05, 0.1) is 12.3 Å². The highest BCUT2D eigenvalue weighted by atomic mass is 35.5. The second-order valence-electron chi connectivity index (χ2n) is 9.31. The number of benzodiazepines with no additional fused rings is 1. The van der Waals surface area contributed by atoms with Gasteiger partial charge in [0.15, 0.2) is 0 Å². The zero-order valence-corrected chi connectivity index (χ0v) is 22.8. The van der Waals surface area contributed by atoms with Crippen LogP contribution in [0.2, 0.25) is 0 Å². The first-order valence-corrected chi connectivity index (χ1v) is 12.2. The van der Waals surface area contributed by atoms with Crippen molar-refractivity contribution < 1.29 is 0 Å². The van der Waals surface area contributed by atoms with Gasteiger partial charge in [-0.3, -0.25) is 4.99 Å². The molecule has 0 bridgehead atoms. The third-order valence-electron chi connectivity index (χ3n) is 5.86. The highest BCUT2D eigenvalue weighted by Gasteiger charge is 2.14. The summed E-state index contributed by atoms with van der Waals surface area (Å²) in [5, 5.41) is 0. The minimum atomic E-state index is 0. The number of aliphatic imine (C=N–C) groups is 1. The average molecular weight is 514 g/mol. The van der Waals surface area contributed by atoms with Crippen LogP contribution in [-0.4, -0.2) is 25.8 Å². The second kappa shape index (κ2) is 12.5. The molecule has 0 fully saturated rings. The van der Waals surface area contributed by atoms with E-state index in [9.17, 15) is 0 Å². The number of benzene rings is 3. The first kappa shape index (κ1) is 28.0. The van der Waals surface area contributed by atoms with Gasteiger partial charge in [0, 0.05) is 35.5 Å². The summed E-state index contributed by atoms with van der Waals surface area (Å²) in [7, 11) is 2.14. The first-order chi connectivity index (χ1) is 15.4. The van der Waals surface area contributed by atoms with Crippen molar-refractivity contribution in [3.05, 3.63) is 101 Å². The molecule has 0 unspecified atom stereocenters. The zero-order chi connectivity index (χ0) is 22.6. The van der Waals surface area contributed by atoms with E-state index in [1.54, 1.807) is 0 Å². The molecule has 1 aliphatic rings. The summed E-state index contributed by atoms with van der Waals surface area (Å²) in [6, 6.07) is 26.2. The molecule has 0 radical (unpaired) electrons. The Morgan fingerprint density at radius 2 is 1.56 bits per heavy atom. The molecule has 0 amide bonds. The molecule has 0 aliphatic carbocycles. The maximum absolute atomic E-state index is 4.86. The van der Waals surface area contributed by atoms with E-state index in [0.29, 0.717) is 0 Å². The Hall–Kier alpha value is -2.20. The van der Waals surface area contributed by atoms with Crippen LogP contribution in [0.1, 0.15) is 43.0 Å². The van der Waals surface area contributed by atoms with Crippen LogP contribution in [0, 0.1) is 0 Å². The van der Waals surface area contributed by atoms with Gasteiger partial charge in [-0.05, 0) is 40.3 Å². The second-order valence-corrected chi connectivity index (χ2v) is 10.3. The highest BCUT2D eigenvalue weighted by Crippen LogP contribution is 2.29. The number of halogens is 2. The van der Waals surface area contributed by atoms with Gasteiger partial charge >= 0.3 is 0 Å². The van der Waals surface area contributed by atoms with Crippen molar-refractivity contribution in [3.63, 3.8) is 0 Å². The van der Waals surface area contributed by atoms with Crippen LogP contribution in [0.25, 0.3) is 6.08 Å². The van der Waals surface area contributed by atoms with Gasteiger partial charge in [0.25, 0.3) is 0 Å². The fourth-order valence-electron chi connectivity index (χ4n) is 3.87. The van der Waals surface area contributed by atoms with E-state index in [2.05, 4.69) is 118 Å². The molecule has 2 nitrogen and oxygen atoms in total. The highest BCUT2D eigenvalue weighted by molar-refractivity contribution is 7.98. The summed E-state index contributed by atoms with van der Waals surface area (Å²) in [6.07, 6.45) is 4.39. The SMILES string of the molecule is CN1CCN=C(C=Cc2ccccc2SCc2ccc(C(C)(C)C)cc2)c2ccccc21.Cl.Cl. The minimum Gasteiger partial charge on any atom is -0.372 e. The summed E-state index contributed by atoms with van der Waals surface area (Å²) in [6.45, 7) is 8.53. The van der Waals surface area contributed by atoms with Crippen molar-refractivity contribution in [2.75, 3.05) is 25.0 Å². The number of allylic oxidation sites excluding steroid dienone is 1. The Kier molecular flexibility index (Phi) is 10.3. The molecule has 3 aromatic carbocycles. The summed E-state index contributed by atoms with van der Waals surface area (Å²) < 4.78 is 0. The number of anilines is 1. The molecular weight excluding hydrogens is 479 g/mol. The number of hydrogen-bond acceptors (Lipinski definition) is 3. The average Bonchev–Trinajstić information content (AvgIpc) is 2.95. The largest absolute Gasteiger partial charge is 0.372 e. The van der Waals surface area contributed by atoms with E-state index >= 15 is 0 Å². The number of rotatable bonds is 5. The Bertz CT molecular complexity index is 1130. The van der Waals surface area contributed by atoms with E-state index < -0.39 is 0 Å². The van der Waals surface area contributed by atoms with E-state index in [4.69, 9.17) is 4.99 Å². The molecule has 180 valence electrons. The molecule has 0 saturated heterocycles. The molecule has 3 aromatic rings. The summed E-state index contributed by atoms with van der Waals surface area (Å²) >= 11 is 1.89. The van der Waals surface area contributed by atoms with E-state index in [1.165, 1.54) is 32.8 Å². The van der Waals surface area contributed by atoms with Crippen LogP contribution in [0.15, 0.2) is 88.8 Å². The quantitative estimate of drug-likeness (QED) is 0.321. The lowest BCUT2D eigenvalue weighted by Gasteiger charge is -2.19. The van der Waals surface area contributed by atoms with Gasteiger partial charge in [-0.2, -0.15) is 0 Å². The number of nitrogens with zero attached hydrogens (tertiary/aromatic N) is 2. The normalized spacial score (nSPS) is 13.4. The van der Waals surface area contributed by atoms with Gasteiger partial charge in [-0.1, -0.05) is 87.5 Å². The van der Waals surface area contributed by atoms with E-state index in [1.807, 2.05) is 11.8 Å². The minimum absolute atomic E-state index is 0. The first-order valence-electron chi connectivity index (χ1n) is 11.3. The Morgan fingerprint density at radius 1 is 0.882 bits per heavy atom. The standard InChI is InChI=1S/C29H32N2S.2ClH/c1-29(2,3)24-16-13-22(14-17-24)21-32-28-12-8-5-9-23(28)15-18-26-25-10-6-7-11-27(25)31(4)20-19-30-26;;/h5-18H,19-21H2,1-4H3;2*1H. The summed E-state index contributed by atoms with van der Waals surface area (Å²) in [4.78, 5) is 8.44. The van der Waals surface area contributed by atoms with Crippen molar-refractivity contribution in [2.45, 2.75) is 36.8 Å². The molecule has 1 heterocycles. The number of hydrogen-bond donors (Lipinski definition) is 0. The van der Waals surface area contributed by atoms with E-state index in [0.717, 1.165) is 24.6 Å². The van der Waals surface area contributed by atoms with Crippen molar-refractivity contribution >= 4 is 54.1 Å². The zero-order valence-electron chi connectivity index (χ0n) is 20.3. The third kappa shape index (κ3) is 6.91. The van der Waals surface area contributed by atoms with Crippen molar-refractivity contribution in [1.29, 1.82) is 0 Å². The van der Waals surface area contributed by atoms with Crippen molar-refractivity contribution in [1.82, 2.24) is 0 Å². The smallest absolute Gasteiger partial charge is 0.0668 e. The molecule has 0 atom stereocenters. The lowest BCUT2D eigenvalue weighted by atomic mass is 9.87. The van der Waals surface area contributed by atoms with Crippen LogP contribution in [-0.2, 0) is 11.2 Å². The summed E-state index contributed by atoms with van der Waals surface area (Å²) in [5.41, 5.74) is 7.67. The van der Waals surface area contributed by atoms with Gasteiger partial charge in [0.2, 0.25) is 0 Å². The number of para-hydroxylation sites is 1.